The number of hydrogen-bond donors (Lipinski definition) is 1. The Labute approximate surface area is 144 Å². The number of aromatic nitrogens is 1. The molecule has 0 saturated heterocycles. The molecular weight excluding hydrogens is 316 g/mol. The lowest BCUT2D eigenvalue weighted by molar-refractivity contribution is -0.383. The summed E-state index contributed by atoms with van der Waals surface area (Å²) < 4.78 is 0. The van der Waals surface area contributed by atoms with E-state index in [2.05, 4.69) is 30.2 Å². The van der Waals surface area contributed by atoms with Gasteiger partial charge in [-0.2, -0.15) is 5.26 Å². The molecule has 1 N–H and O–H groups in total. The lowest BCUT2D eigenvalue weighted by atomic mass is 10.0. The number of para-hydroxylation sites is 1. The normalized spacial score (nSPS) is 10.6. The Balaban J connectivity index is 2.18. The van der Waals surface area contributed by atoms with Crippen LogP contribution in [0.2, 0.25) is 0 Å². The maximum atomic E-state index is 11.2. The summed E-state index contributed by atoms with van der Waals surface area (Å²) in [6.45, 7) is 4.20. The molecule has 0 aliphatic carbocycles. The van der Waals surface area contributed by atoms with Crippen LogP contribution in [0.25, 0.3) is 10.9 Å². The van der Waals surface area contributed by atoms with E-state index in [0.29, 0.717) is 22.6 Å². The van der Waals surface area contributed by atoms with Crippen molar-refractivity contribution in [2.45, 2.75) is 19.8 Å². The van der Waals surface area contributed by atoms with Gasteiger partial charge in [0.15, 0.2) is 0 Å². The van der Waals surface area contributed by atoms with Crippen molar-refractivity contribution in [3.05, 3.63) is 69.9 Å². The molecule has 0 spiro atoms. The molecular formula is C19H16N4O2. The quantitative estimate of drug-likeness (QED) is 0.543. The number of nitro groups is 1. The van der Waals surface area contributed by atoms with Crippen LogP contribution in [0.5, 0.6) is 0 Å². The molecule has 0 radical (unpaired) electrons. The van der Waals surface area contributed by atoms with Crippen LogP contribution in [0.15, 0.2) is 48.7 Å². The molecule has 0 saturated carbocycles. The summed E-state index contributed by atoms with van der Waals surface area (Å²) in [7, 11) is 0. The molecule has 3 rings (SSSR count). The molecule has 124 valence electrons. The van der Waals surface area contributed by atoms with Crippen LogP contribution in [-0.4, -0.2) is 9.91 Å². The number of nitro benzene ring substituents is 1. The SMILES string of the molecule is CC(C)c1cccc(Nc2c(C#N)cnc3c([N+](=O)[O-])cccc23)c1. The lowest BCUT2D eigenvalue weighted by Gasteiger charge is -2.13. The average molecular weight is 332 g/mol. The van der Waals surface area contributed by atoms with Crippen LogP contribution in [0.1, 0.15) is 30.9 Å². The van der Waals surface area contributed by atoms with Crippen molar-refractivity contribution in [2.24, 2.45) is 0 Å². The van der Waals surface area contributed by atoms with Crippen molar-refractivity contribution in [3.63, 3.8) is 0 Å². The second-order valence-electron chi connectivity index (χ2n) is 5.99. The summed E-state index contributed by atoms with van der Waals surface area (Å²) in [6.07, 6.45) is 1.37. The third kappa shape index (κ3) is 3.12. The van der Waals surface area contributed by atoms with Gasteiger partial charge in [0.25, 0.3) is 5.69 Å². The molecule has 6 nitrogen and oxygen atoms in total. The van der Waals surface area contributed by atoms with Crippen LogP contribution in [0.4, 0.5) is 17.1 Å². The highest BCUT2D eigenvalue weighted by Gasteiger charge is 2.17. The van der Waals surface area contributed by atoms with Gasteiger partial charge in [-0.1, -0.05) is 38.1 Å². The van der Waals surface area contributed by atoms with E-state index >= 15 is 0 Å². The van der Waals surface area contributed by atoms with E-state index < -0.39 is 4.92 Å². The fraction of sp³-hybridized carbons (Fsp3) is 0.158. The first-order valence-corrected chi connectivity index (χ1v) is 7.84. The number of rotatable bonds is 4. The summed E-state index contributed by atoms with van der Waals surface area (Å²) in [5.74, 6) is 0.368. The third-order valence-electron chi connectivity index (χ3n) is 4.02. The van der Waals surface area contributed by atoms with Crippen LogP contribution >= 0.6 is 0 Å². The molecule has 0 aliphatic rings. The maximum absolute atomic E-state index is 11.2. The Kier molecular flexibility index (Phi) is 4.31. The predicted octanol–water partition coefficient (Wildman–Crippen LogP) is 4.88. The fourth-order valence-corrected chi connectivity index (χ4v) is 2.69. The molecule has 0 amide bonds. The van der Waals surface area contributed by atoms with Crippen molar-refractivity contribution in [3.8, 4) is 6.07 Å². The van der Waals surface area contributed by atoms with Gasteiger partial charge in [-0.25, -0.2) is 4.98 Å². The summed E-state index contributed by atoms with van der Waals surface area (Å²) in [6, 6.07) is 14.7. The lowest BCUT2D eigenvalue weighted by Crippen LogP contribution is -1.99. The largest absolute Gasteiger partial charge is 0.354 e. The number of anilines is 2. The molecule has 0 atom stereocenters. The number of nitrogens with zero attached hydrogens (tertiary/aromatic N) is 3. The second kappa shape index (κ2) is 6.57. The number of fused-ring (bicyclic) bond motifs is 1. The van der Waals surface area contributed by atoms with Gasteiger partial charge < -0.3 is 5.32 Å². The molecule has 2 aromatic carbocycles. The summed E-state index contributed by atoms with van der Waals surface area (Å²) >= 11 is 0. The highest BCUT2D eigenvalue weighted by Crippen LogP contribution is 2.33. The van der Waals surface area contributed by atoms with Gasteiger partial charge in [0, 0.05) is 23.3 Å². The van der Waals surface area contributed by atoms with E-state index in [9.17, 15) is 15.4 Å². The molecule has 0 fully saturated rings. The van der Waals surface area contributed by atoms with Gasteiger partial charge in [0.05, 0.1) is 16.2 Å². The van der Waals surface area contributed by atoms with Crippen molar-refractivity contribution in [1.82, 2.24) is 4.98 Å². The molecule has 0 aliphatic heterocycles. The van der Waals surface area contributed by atoms with Gasteiger partial charge >= 0.3 is 0 Å². The molecule has 1 heterocycles. The molecule has 6 heteroatoms. The number of nitrogens with one attached hydrogen (secondary N) is 1. The number of non-ortho nitro benzene ring substituents is 1. The van der Waals surface area contributed by atoms with Crippen LogP contribution in [0.3, 0.4) is 0 Å². The van der Waals surface area contributed by atoms with E-state index in [1.165, 1.54) is 12.3 Å². The standard InChI is InChI=1S/C19H16N4O2/c1-12(2)13-5-3-6-15(9-13)22-18-14(10-20)11-21-19-16(18)7-4-8-17(19)23(24)25/h3-9,11-12H,1-2H3,(H,21,22). The monoisotopic (exact) mass is 332 g/mol. The Bertz CT molecular complexity index is 1010. The smallest absolute Gasteiger partial charge is 0.295 e. The molecule has 3 aromatic rings. The summed E-state index contributed by atoms with van der Waals surface area (Å²) in [5.41, 5.74) is 3.02. The second-order valence-corrected chi connectivity index (χ2v) is 5.99. The minimum absolute atomic E-state index is 0.0824. The number of benzene rings is 2. The first-order chi connectivity index (χ1) is 12.0. The zero-order valence-electron chi connectivity index (χ0n) is 13.9. The van der Waals surface area contributed by atoms with Crippen molar-refractivity contribution in [2.75, 3.05) is 5.32 Å². The first-order valence-electron chi connectivity index (χ1n) is 7.84. The minimum atomic E-state index is -0.468. The Morgan fingerprint density at radius 1 is 1.24 bits per heavy atom. The molecule has 0 bridgehead atoms. The Morgan fingerprint density at radius 2 is 2.00 bits per heavy atom. The van der Waals surface area contributed by atoms with E-state index in [1.54, 1.807) is 12.1 Å². The van der Waals surface area contributed by atoms with Crippen molar-refractivity contribution >= 4 is 28.0 Å². The number of hydrogen-bond acceptors (Lipinski definition) is 5. The van der Waals surface area contributed by atoms with E-state index in [1.807, 2.05) is 24.3 Å². The van der Waals surface area contributed by atoms with E-state index in [4.69, 9.17) is 0 Å². The van der Waals surface area contributed by atoms with Crippen LogP contribution in [0, 0.1) is 21.4 Å². The first kappa shape index (κ1) is 16.4. The van der Waals surface area contributed by atoms with Crippen LogP contribution in [-0.2, 0) is 0 Å². The zero-order chi connectivity index (χ0) is 18.0. The fourth-order valence-electron chi connectivity index (χ4n) is 2.69. The number of nitriles is 1. The van der Waals surface area contributed by atoms with Crippen molar-refractivity contribution in [1.29, 1.82) is 5.26 Å². The van der Waals surface area contributed by atoms with Crippen LogP contribution < -0.4 is 5.32 Å². The topological polar surface area (TPSA) is 91.8 Å². The van der Waals surface area contributed by atoms with Gasteiger partial charge in [-0.15, -0.1) is 0 Å². The Morgan fingerprint density at radius 3 is 2.68 bits per heavy atom. The third-order valence-corrected chi connectivity index (χ3v) is 4.02. The molecule has 1 aromatic heterocycles. The van der Waals surface area contributed by atoms with Gasteiger partial charge in [0.1, 0.15) is 11.6 Å². The van der Waals surface area contributed by atoms with Gasteiger partial charge in [-0.05, 0) is 23.6 Å². The molecule has 25 heavy (non-hydrogen) atoms. The van der Waals surface area contributed by atoms with Crippen molar-refractivity contribution < 1.29 is 4.92 Å². The average Bonchev–Trinajstić information content (AvgIpc) is 2.61. The predicted molar refractivity (Wildman–Crippen MR) is 96.9 cm³/mol. The maximum Gasteiger partial charge on any atom is 0.295 e. The highest BCUT2D eigenvalue weighted by atomic mass is 16.6. The Hall–Kier alpha value is -3.46. The van der Waals surface area contributed by atoms with E-state index in [0.717, 1.165) is 11.3 Å². The molecule has 0 unspecified atom stereocenters. The summed E-state index contributed by atoms with van der Waals surface area (Å²) in [5, 5.41) is 24.4. The van der Waals surface area contributed by atoms with E-state index in [-0.39, 0.29) is 11.2 Å². The minimum Gasteiger partial charge on any atom is -0.354 e. The highest BCUT2D eigenvalue weighted by molar-refractivity contribution is 5.99. The zero-order valence-corrected chi connectivity index (χ0v) is 13.9. The van der Waals surface area contributed by atoms with Gasteiger partial charge in [0.2, 0.25) is 0 Å². The van der Waals surface area contributed by atoms with Gasteiger partial charge in [-0.3, -0.25) is 10.1 Å². The summed E-state index contributed by atoms with van der Waals surface area (Å²) in [4.78, 5) is 14.9. The number of pyridine rings is 1.